The van der Waals surface area contributed by atoms with Crippen LogP contribution in [0.2, 0.25) is 0 Å². The molecule has 19 heavy (non-hydrogen) atoms. The fraction of sp³-hybridized carbons (Fsp3) is 0.462. The summed E-state index contributed by atoms with van der Waals surface area (Å²) in [5.41, 5.74) is 0.384. The van der Waals surface area contributed by atoms with E-state index in [1.807, 2.05) is 26.2 Å². The number of hydrogen-bond donors (Lipinski definition) is 1. The minimum absolute atomic E-state index is 0.00135. The second-order valence-corrected chi connectivity index (χ2v) is 5.72. The van der Waals surface area contributed by atoms with Crippen molar-refractivity contribution >= 4 is 23.2 Å². The van der Waals surface area contributed by atoms with E-state index in [0.717, 1.165) is 10.7 Å². The van der Waals surface area contributed by atoms with E-state index in [1.54, 1.807) is 7.05 Å². The van der Waals surface area contributed by atoms with Crippen molar-refractivity contribution in [1.82, 2.24) is 15.2 Å². The summed E-state index contributed by atoms with van der Waals surface area (Å²) < 4.78 is 0. The first-order chi connectivity index (χ1) is 8.76. The Morgan fingerprint density at radius 2 is 2.21 bits per heavy atom. The molecule has 0 spiro atoms. The zero-order valence-corrected chi connectivity index (χ0v) is 12.5. The van der Waals surface area contributed by atoms with Gasteiger partial charge in [-0.15, -0.1) is 11.3 Å². The zero-order valence-electron chi connectivity index (χ0n) is 11.7. The van der Waals surface area contributed by atoms with Gasteiger partial charge in [0.25, 0.3) is 0 Å². The number of aromatic nitrogens is 1. The molecule has 1 N–H and O–H groups in total. The second-order valence-electron chi connectivity index (χ2n) is 4.87. The number of hydrogen-bond acceptors (Lipinski definition) is 4. The van der Waals surface area contributed by atoms with Crippen molar-refractivity contribution in [2.24, 2.45) is 0 Å². The number of aryl methyl sites for hydroxylation is 1. The molecule has 0 aromatic carbocycles. The molecule has 6 heteroatoms. The fourth-order valence-corrected chi connectivity index (χ4v) is 2.41. The summed E-state index contributed by atoms with van der Waals surface area (Å²) in [7, 11) is 1.56. The van der Waals surface area contributed by atoms with Crippen molar-refractivity contribution < 1.29 is 9.59 Å². The highest BCUT2D eigenvalue weighted by Crippen LogP contribution is 2.23. The molecule has 0 unspecified atom stereocenters. The van der Waals surface area contributed by atoms with Crippen molar-refractivity contribution in [2.75, 3.05) is 13.6 Å². The third kappa shape index (κ3) is 4.17. The van der Waals surface area contributed by atoms with E-state index in [9.17, 15) is 9.59 Å². The third-order valence-corrected chi connectivity index (χ3v) is 3.82. The first-order valence-electron chi connectivity index (χ1n) is 5.87. The lowest BCUT2D eigenvalue weighted by Gasteiger charge is -2.25. The van der Waals surface area contributed by atoms with Crippen LogP contribution in [0.1, 0.15) is 24.5 Å². The number of rotatable bonds is 5. The van der Waals surface area contributed by atoms with Gasteiger partial charge in [0.05, 0.1) is 12.1 Å². The lowest BCUT2D eigenvalue weighted by Crippen LogP contribution is -2.46. The van der Waals surface area contributed by atoms with Crippen molar-refractivity contribution in [2.45, 2.75) is 26.3 Å². The highest BCUT2D eigenvalue weighted by molar-refractivity contribution is 7.09. The molecule has 0 fully saturated rings. The van der Waals surface area contributed by atoms with Gasteiger partial charge >= 0.3 is 0 Å². The lowest BCUT2D eigenvalue weighted by molar-refractivity contribution is -0.132. The summed E-state index contributed by atoms with van der Waals surface area (Å²) in [6.07, 6.45) is 1.18. The largest absolute Gasteiger partial charge is 0.343 e. The standard InChI is InChI=1S/C13H19N3O2S/c1-6-11(18)16(5)7-10(17)15-13(3,4)12-14-9(2)8-19-12/h6,8H,1,7H2,2-5H3,(H,15,17). The van der Waals surface area contributed by atoms with Gasteiger partial charge in [-0.2, -0.15) is 0 Å². The van der Waals surface area contributed by atoms with Gasteiger partial charge in [-0.05, 0) is 26.8 Å². The van der Waals surface area contributed by atoms with Gasteiger partial charge < -0.3 is 10.2 Å². The molecule has 0 radical (unpaired) electrons. The van der Waals surface area contributed by atoms with Crippen LogP contribution in [0, 0.1) is 6.92 Å². The van der Waals surface area contributed by atoms with Gasteiger partial charge in [0.1, 0.15) is 5.01 Å². The molecule has 1 heterocycles. The Bertz CT molecular complexity index is 494. The summed E-state index contributed by atoms with van der Waals surface area (Å²) in [5, 5.41) is 5.66. The van der Waals surface area contributed by atoms with E-state index in [4.69, 9.17) is 0 Å². The van der Waals surface area contributed by atoms with Gasteiger partial charge in [-0.3, -0.25) is 9.59 Å². The van der Waals surface area contributed by atoms with E-state index >= 15 is 0 Å². The van der Waals surface area contributed by atoms with Gasteiger partial charge in [0.2, 0.25) is 11.8 Å². The van der Waals surface area contributed by atoms with Crippen LogP contribution in [-0.2, 0) is 15.1 Å². The fourth-order valence-electron chi connectivity index (χ4n) is 1.53. The molecular formula is C13H19N3O2S. The van der Waals surface area contributed by atoms with Crippen LogP contribution in [0.15, 0.2) is 18.0 Å². The zero-order chi connectivity index (χ0) is 14.6. The normalized spacial score (nSPS) is 10.9. The van der Waals surface area contributed by atoms with Crippen LogP contribution in [0.3, 0.4) is 0 Å². The van der Waals surface area contributed by atoms with Crippen molar-refractivity contribution in [3.63, 3.8) is 0 Å². The summed E-state index contributed by atoms with van der Waals surface area (Å²) in [6, 6.07) is 0. The SMILES string of the molecule is C=CC(=O)N(C)CC(=O)NC(C)(C)c1nc(C)cs1. The van der Waals surface area contributed by atoms with Gasteiger partial charge in [-0.1, -0.05) is 6.58 Å². The Balaban J connectivity index is 2.65. The van der Waals surface area contributed by atoms with Crippen molar-refractivity contribution in [1.29, 1.82) is 0 Å². The maximum atomic E-state index is 11.9. The predicted octanol–water partition coefficient (Wildman–Crippen LogP) is 1.45. The Labute approximate surface area is 117 Å². The minimum Gasteiger partial charge on any atom is -0.343 e. The molecule has 1 rings (SSSR count). The summed E-state index contributed by atoms with van der Waals surface area (Å²) in [5.74, 6) is -0.506. The Morgan fingerprint density at radius 1 is 1.58 bits per heavy atom. The molecule has 1 aromatic heterocycles. The summed E-state index contributed by atoms with van der Waals surface area (Å²) in [4.78, 5) is 28.9. The van der Waals surface area contributed by atoms with Crippen LogP contribution in [0.4, 0.5) is 0 Å². The molecule has 2 amide bonds. The van der Waals surface area contributed by atoms with Gasteiger partial charge in [0.15, 0.2) is 0 Å². The number of carbonyl (C=O) groups excluding carboxylic acids is 2. The molecular weight excluding hydrogens is 262 g/mol. The second kappa shape index (κ2) is 5.97. The molecule has 1 aromatic rings. The van der Waals surface area contributed by atoms with Crippen LogP contribution < -0.4 is 5.32 Å². The van der Waals surface area contributed by atoms with E-state index in [2.05, 4.69) is 16.9 Å². The average molecular weight is 281 g/mol. The molecule has 0 atom stereocenters. The van der Waals surface area contributed by atoms with E-state index in [-0.39, 0.29) is 18.4 Å². The summed E-state index contributed by atoms with van der Waals surface area (Å²) >= 11 is 1.51. The Hall–Kier alpha value is -1.69. The van der Waals surface area contributed by atoms with E-state index < -0.39 is 5.54 Å². The Morgan fingerprint density at radius 3 is 2.68 bits per heavy atom. The van der Waals surface area contributed by atoms with Gasteiger partial charge in [0, 0.05) is 18.1 Å². The van der Waals surface area contributed by atoms with Crippen LogP contribution >= 0.6 is 11.3 Å². The number of carbonyl (C=O) groups is 2. The third-order valence-electron chi connectivity index (χ3n) is 2.54. The topological polar surface area (TPSA) is 62.3 Å². The predicted molar refractivity (Wildman–Crippen MR) is 75.9 cm³/mol. The molecule has 0 bridgehead atoms. The first-order valence-corrected chi connectivity index (χ1v) is 6.75. The summed E-state index contributed by atoms with van der Waals surface area (Å²) in [6.45, 7) is 9.07. The average Bonchev–Trinajstić information content (AvgIpc) is 2.74. The maximum absolute atomic E-state index is 11.9. The molecule has 5 nitrogen and oxygen atoms in total. The van der Waals surface area contributed by atoms with Crippen LogP contribution in [0.25, 0.3) is 0 Å². The first kappa shape index (κ1) is 15.4. The highest BCUT2D eigenvalue weighted by Gasteiger charge is 2.26. The molecule has 104 valence electrons. The van der Waals surface area contributed by atoms with Gasteiger partial charge in [-0.25, -0.2) is 4.98 Å². The molecule has 0 aliphatic rings. The van der Waals surface area contributed by atoms with Crippen LogP contribution in [0.5, 0.6) is 0 Å². The lowest BCUT2D eigenvalue weighted by atomic mass is 10.1. The highest BCUT2D eigenvalue weighted by atomic mass is 32.1. The monoisotopic (exact) mass is 281 g/mol. The molecule has 0 aliphatic carbocycles. The van der Waals surface area contributed by atoms with Crippen molar-refractivity contribution in [3.05, 3.63) is 28.7 Å². The van der Waals surface area contributed by atoms with E-state index in [1.165, 1.54) is 22.3 Å². The maximum Gasteiger partial charge on any atom is 0.246 e. The smallest absolute Gasteiger partial charge is 0.246 e. The van der Waals surface area contributed by atoms with E-state index in [0.29, 0.717) is 0 Å². The number of thiazole rings is 1. The molecule has 0 saturated carbocycles. The number of nitrogens with one attached hydrogen (secondary N) is 1. The minimum atomic E-state index is -0.548. The molecule has 0 saturated heterocycles. The van der Waals surface area contributed by atoms with Crippen LogP contribution in [-0.4, -0.2) is 35.3 Å². The number of amides is 2. The van der Waals surface area contributed by atoms with Crippen molar-refractivity contribution in [3.8, 4) is 0 Å². The number of nitrogens with zero attached hydrogens (tertiary/aromatic N) is 2. The molecule has 0 aliphatic heterocycles. The quantitative estimate of drug-likeness (QED) is 0.831. The number of likely N-dealkylation sites (N-methyl/N-ethyl adjacent to an activating group) is 1. The Kier molecular flexibility index (Phi) is 4.83.